The van der Waals surface area contributed by atoms with Crippen LogP contribution < -0.4 is 14.4 Å². The molecule has 0 saturated carbocycles. The second-order valence-corrected chi connectivity index (χ2v) is 7.60. The first kappa shape index (κ1) is 21.1. The first-order valence-corrected chi connectivity index (χ1v) is 10.6. The molecule has 3 aromatic rings. The largest absolute Gasteiger partial charge is 0.493 e. The lowest BCUT2D eigenvalue weighted by Crippen LogP contribution is -2.33. The van der Waals surface area contributed by atoms with Gasteiger partial charge in [0.15, 0.2) is 16.6 Å². The first-order valence-electron chi connectivity index (χ1n) is 9.15. The number of halogens is 1. The van der Waals surface area contributed by atoms with E-state index in [9.17, 15) is 4.79 Å². The average molecular weight is 431 g/mol. The normalized spacial score (nSPS) is 10.6. The van der Waals surface area contributed by atoms with Gasteiger partial charge in [0.05, 0.1) is 19.9 Å². The van der Waals surface area contributed by atoms with E-state index in [1.165, 1.54) is 16.9 Å². The number of ether oxygens (including phenoxy) is 2. The SMILES string of the molecule is COc1ccc(CCN(C(=O)CCl)c2nc(-c3ccc(C)cc3)cs2)cc1OC. The lowest BCUT2D eigenvalue weighted by molar-refractivity contribution is -0.116. The van der Waals surface area contributed by atoms with Gasteiger partial charge in [0.25, 0.3) is 0 Å². The van der Waals surface area contributed by atoms with Crippen molar-refractivity contribution in [2.75, 3.05) is 31.5 Å². The maximum absolute atomic E-state index is 12.5. The smallest absolute Gasteiger partial charge is 0.243 e. The molecule has 1 heterocycles. The zero-order valence-corrected chi connectivity index (χ0v) is 18.2. The lowest BCUT2D eigenvalue weighted by atomic mass is 10.1. The average Bonchev–Trinajstić information content (AvgIpc) is 3.23. The topological polar surface area (TPSA) is 51.7 Å². The van der Waals surface area contributed by atoms with Crippen molar-refractivity contribution in [3.8, 4) is 22.8 Å². The van der Waals surface area contributed by atoms with Gasteiger partial charge in [0.2, 0.25) is 5.91 Å². The third-order valence-electron chi connectivity index (χ3n) is 4.56. The van der Waals surface area contributed by atoms with Gasteiger partial charge < -0.3 is 9.47 Å². The third kappa shape index (κ3) is 5.08. The summed E-state index contributed by atoms with van der Waals surface area (Å²) < 4.78 is 10.6. The summed E-state index contributed by atoms with van der Waals surface area (Å²) >= 11 is 7.30. The van der Waals surface area contributed by atoms with Gasteiger partial charge in [-0.05, 0) is 31.0 Å². The zero-order valence-electron chi connectivity index (χ0n) is 16.6. The Labute approximate surface area is 179 Å². The van der Waals surface area contributed by atoms with Gasteiger partial charge in [-0.25, -0.2) is 4.98 Å². The maximum Gasteiger partial charge on any atom is 0.243 e. The van der Waals surface area contributed by atoms with Gasteiger partial charge in [-0.2, -0.15) is 0 Å². The van der Waals surface area contributed by atoms with E-state index >= 15 is 0 Å². The highest BCUT2D eigenvalue weighted by Gasteiger charge is 2.19. The summed E-state index contributed by atoms with van der Waals surface area (Å²) in [7, 11) is 3.21. The number of aryl methyl sites for hydroxylation is 1. The highest BCUT2D eigenvalue weighted by atomic mass is 35.5. The Morgan fingerprint density at radius 3 is 2.48 bits per heavy atom. The van der Waals surface area contributed by atoms with E-state index in [1.807, 2.05) is 54.8 Å². The van der Waals surface area contributed by atoms with Crippen molar-refractivity contribution < 1.29 is 14.3 Å². The fraction of sp³-hybridized carbons (Fsp3) is 0.273. The van der Waals surface area contributed by atoms with Crippen LogP contribution in [0.3, 0.4) is 0 Å². The van der Waals surface area contributed by atoms with E-state index in [-0.39, 0.29) is 11.8 Å². The van der Waals surface area contributed by atoms with Crippen LogP contribution in [0.4, 0.5) is 5.13 Å². The number of aromatic nitrogens is 1. The summed E-state index contributed by atoms with van der Waals surface area (Å²) in [6.45, 7) is 2.52. The Hall–Kier alpha value is -2.57. The molecule has 0 saturated heterocycles. The number of anilines is 1. The molecule has 29 heavy (non-hydrogen) atoms. The highest BCUT2D eigenvalue weighted by Crippen LogP contribution is 2.30. The number of carbonyl (C=O) groups excluding carboxylic acids is 1. The van der Waals surface area contributed by atoms with E-state index in [2.05, 4.69) is 4.98 Å². The molecule has 1 aromatic heterocycles. The quantitative estimate of drug-likeness (QED) is 0.474. The van der Waals surface area contributed by atoms with E-state index < -0.39 is 0 Å². The second kappa shape index (κ2) is 9.76. The minimum absolute atomic E-state index is 0.0919. The molecule has 0 fully saturated rings. The van der Waals surface area contributed by atoms with Gasteiger partial charge in [-0.15, -0.1) is 22.9 Å². The van der Waals surface area contributed by atoms with Crippen LogP contribution in [0.5, 0.6) is 11.5 Å². The predicted octanol–water partition coefficient (Wildman–Crippen LogP) is 4.95. The Bertz CT molecular complexity index is 972. The summed E-state index contributed by atoms with van der Waals surface area (Å²) in [5.74, 6) is 1.08. The van der Waals surface area contributed by atoms with Crippen LogP contribution >= 0.6 is 22.9 Å². The number of thiazole rings is 1. The number of hydrogen-bond donors (Lipinski definition) is 0. The molecule has 0 aliphatic rings. The molecule has 0 aliphatic heterocycles. The van der Waals surface area contributed by atoms with Gasteiger partial charge in [-0.1, -0.05) is 35.9 Å². The van der Waals surface area contributed by atoms with Gasteiger partial charge >= 0.3 is 0 Å². The van der Waals surface area contributed by atoms with Crippen molar-refractivity contribution in [2.45, 2.75) is 13.3 Å². The van der Waals surface area contributed by atoms with Crippen LogP contribution in [-0.4, -0.2) is 37.5 Å². The molecule has 1 amide bonds. The van der Waals surface area contributed by atoms with Crippen LogP contribution in [0.15, 0.2) is 47.8 Å². The van der Waals surface area contributed by atoms with Crippen molar-refractivity contribution in [2.24, 2.45) is 0 Å². The summed E-state index contributed by atoms with van der Waals surface area (Å²) in [6, 6.07) is 13.9. The standard InChI is InChI=1S/C22H23ClN2O3S/c1-15-4-7-17(8-5-15)18-14-29-22(24-18)25(21(26)13-23)11-10-16-6-9-19(27-2)20(12-16)28-3/h4-9,12,14H,10-11,13H2,1-3H3. The molecule has 7 heteroatoms. The molecule has 0 unspecified atom stereocenters. The Morgan fingerprint density at radius 2 is 1.83 bits per heavy atom. The fourth-order valence-electron chi connectivity index (χ4n) is 2.92. The lowest BCUT2D eigenvalue weighted by Gasteiger charge is -2.19. The molecule has 0 aliphatic carbocycles. The zero-order chi connectivity index (χ0) is 20.8. The number of carbonyl (C=O) groups is 1. The number of rotatable bonds is 8. The van der Waals surface area contributed by atoms with Crippen LogP contribution in [0.1, 0.15) is 11.1 Å². The molecule has 2 aromatic carbocycles. The Kier molecular flexibility index (Phi) is 7.12. The van der Waals surface area contributed by atoms with Gasteiger partial charge in [0.1, 0.15) is 5.88 Å². The summed E-state index contributed by atoms with van der Waals surface area (Å²) in [6.07, 6.45) is 0.641. The molecule has 5 nitrogen and oxygen atoms in total. The van der Waals surface area contributed by atoms with Crippen molar-refractivity contribution in [1.29, 1.82) is 0 Å². The maximum atomic E-state index is 12.5. The Morgan fingerprint density at radius 1 is 1.10 bits per heavy atom. The van der Waals surface area contributed by atoms with Crippen LogP contribution in [0, 0.1) is 6.92 Å². The van der Waals surface area contributed by atoms with E-state index in [4.69, 9.17) is 21.1 Å². The van der Waals surface area contributed by atoms with Crippen LogP contribution in [0.25, 0.3) is 11.3 Å². The first-order chi connectivity index (χ1) is 14.0. The third-order valence-corrected chi connectivity index (χ3v) is 5.65. The number of alkyl halides is 1. The van der Waals surface area contributed by atoms with Crippen molar-refractivity contribution in [1.82, 2.24) is 4.98 Å². The monoisotopic (exact) mass is 430 g/mol. The van der Waals surface area contributed by atoms with Crippen LogP contribution in [0.2, 0.25) is 0 Å². The number of amides is 1. The van der Waals surface area contributed by atoms with Crippen molar-refractivity contribution in [3.05, 3.63) is 59.0 Å². The van der Waals surface area contributed by atoms with Gasteiger partial charge in [-0.3, -0.25) is 9.69 Å². The molecule has 0 bridgehead atoms. The summed E-state index contributed by atoms with van der Waals surface area (Å²) in [5, 5.41) is 2.61. The number of nitrogens with zero attached hydrogens (tertiary/aromatic N) is 2. The van der Waals surface area contributed by atoms with Crippen LogP contribution in [-0.2, 0) is 11.2 Å². The van der Waals surface area contributed by atoms with E-state index in [0.717, 1.165) is 16.8 Å². The fourth-order valence-corrected chi connectivity index (χ4v) is 3.94. The number of benzene rings is 2. The van der Waals surface area contributed by atoms with E-state index in [0.29, 0.717) is 29.6 Å². The van der Waals surface area contributed by atoms with Crippen molar-refractivity contribution >= 4 is 34.0 Å². The highest BCUT2D eigenvalue weighted by molar-refractivity contribution is 7.14. The predicted molar refractivity (Wildman–Crippen MR) is 119 cm³/mol. The minimum Gasteiger partial charge on any atom is -0.493 e. The molecule has 0 spiro atoms. The second-order valence-electron chi connectivity index (χ2n) is 6.50. The summed E-state index contributed by atoms with van der Waals surface area (Å²) in [4.78, 5) is 18.8. The molecular formula is C22H23ClN2O3S. The number of hydrogen-bond acceptors (Lipinski definition) is 5. The number of methoxy groups -OCH3 is 2. The Balaban J connectivity index is 1.79. The molecule has 0 radical (unpaired) electrons. The molecular weight excluding hydrogens is 408 g/mol. The molecule has 152 valence electrons. The van der Waals surface area contributed by atoms with E-state index in [1.54, 1.807) is 19.1 Å². The summed E-state index contributed by atoms with van der Waals surface area (Å²) in [5.41, 5.74) is 4.10. The minimum atomic E-state index is -0.169. The molecule has 0 N–H and O–H groups in total. The molecule has 3 rings (SSSR count). The van der Waals surface area contributed by atoms with Gasteiger partial charge in [0, 0.05) is 17.5 Å². The van der Waals surface area contributed by atoms with Crippen molar-refractivity contribution in [3.63, 3.8) is 0 Å². The molecule has 0 atom stereocenters.